The number of anilines is 1. The monoisotopic (exact) mass is 544 g/mol. The third-order valence-corrected chi connectivity index (χ3v) is 7.22. The van der Waals surface area contributed by atoms with Gasteiger partial charge in [-0.15, -0.1) is 0 Å². The van der Waals surface area contributed by atoms with Crippen LogP contribution in [-0.4, -0.2) is 52.1 Å². The number of hydrogen-bond donors (Lipinski definition) is 2. The zero-order valence-corrected chi connectivity index (χ0v) is 22.7. The molecule has 0 radical (unpaired) electrons. The Morgan fingerprint density at radius 1 is 0.850 bits per heavy atom. The molecule has 1 heterocycles. The lowest BCUT2D eigenvalue weighted by atomic mass is 9.83. The minimum atomic E-state index is -1.26. The van der Waals surface area contributed by atoms with E-state index in [1.807, 2.05) is 30.3 Å². The van der Waals surface area contributed by atoms with Crippen LogP contribution < -0.4 is 10.6 Å². The zero-order valence-electron chi connectivity index (χ0n) is 22.7. The Bertz CT molecular complexity index is 1350. The van der Waals surface area contributed by atoms with Crippen molar-refractivity contribution in [3.05, 3.63) is 101 Å². The van der Waals surface area contributed by atoms with Crippen molar-refractivity contribution >= 4 is 29.3 Å². The number of nitrogens with zero attached hydrogens (tertiary/aromatic N) is 2. The highest BCUT2D eigenvalue weighted by molar-refractivity contribution is 6.00. The Balaban J connectivity index is 1.72. The second-order valence-electron chi connectivity index (χ2n) is 9.98. The highest BCUT2D eigenvalue weighted by Gasteiger charge is 2.48. The molecule has 0 spiro atoms. The molecule has 1 aliphatic rings. The van der Waals surface area contributed by atoms with Gasteiger partial charge < -0.3 is 20.4 Å². The van der Waals surface area contributed by atoms with Crippen LogP contribution in [0, 0.1) is 5.82 Å². The summed E-state index contributed by atoms with van der Waals surface area (Å²) in [6.45, 7) is 3.84. The maximum atomic E-state index is 14.2. The molecule has 0 aromatic heterocycles. The summed E-state index contributed by atoms with van der Waals surface area (Å²) in [5.41, 5.74) is 1.19. The number of nitrogens with one attached hydrogen (secondary N) is 2. The van der Waals surface area contributed by atoms with E-state index >= 15 is 0 Å². The minimum Gasteiger partial charge on any atom is -0.350 e. The van der Waals surface area contributed by atoms with E-state index < -0.39 is 11.4 Å². The molecule has 9 heteroatoms. The molecule has 4 rings (SSSR count). The summed E-state index contributed by atoms with van der Waals surface area (Å²) in [6, 6.07) is 21.8. The van der Waals surface area contributed by atoms with E-state index in [1.54, 1.807) is 46.2 Å². The lowest BCUT2D eigenvalue weighted by Gasteiger charge is -2.47. The second kappa shape index (κ2) is 12.5. The van der Waals surface area contributed by atoms with E-state index in [2.05, 4.69) is 10.6 Å². The van der Waals surface area contributed by atoms with Gasteiger partial charge in [0.1, 0.15) is 11.4 Å². The van der Waals surface area contributed by atoms with Crippen molar-refractivity contribution in [3.63, 3.8) is 0 Å². The molecule has 0 aliphatic carbocycles. The summed E-state index contributed by atoms with van der Waals surface area (Å²) in [5.74, 6) is -1.43. The van der Waals surface area contributed by atoms with Crippen LogP contribution in [0.4, 0.5) is 10.1 Å². The average molecular weight is 545 g/mol. The van der Waals surface area contributed by atoms with E-state index in [4.69, 9.17) is 0 Å². The molecule has 0 bridgehead atoms. The molecule has 0 unspecified atom stereocenters. The second-order valence-corrected chi connectivity index (χ2v) is 9.98. The van der Waals surface area contributed by atoms with Crippen LogP contribution in [0.25, 0.3) is 0 Å². The van der Waals surface area contributed by atoms with Crippen molar-refractivity contribution in [1.82, 2.24) is 15.1 Å². The molecule has 0 atom stereocenters. The fourth-order valence-electron chi connectivity index (χ4n) is 5.00. The summed E-state index contributed by atoms with van der Waals surface area (Å²) in [4.78, 5) is 55.0. The molecule has 8 nitrogen and oxygen atoms in total. The van der Waals surface area contributed by atoms with Crippen molar-refractivity contribution in [2.24, 2.45) is 0 Å². The van der Waals surface area contributed by atoms with Gasteiger partial charge in [-0.1, -0.05) is 42.5 Å². The van der Waals surface area contributed by atoms with Crippen molar-refractivity contribution in [2.45, 2.75) is 45.3 Å². The van der Waals surface area contributed by atoms with Gasteiger partial charge in [0, 0.05) is 51.3 Å². The van der Waals surface area contributed by atoms with Gasteiger partial charge in [-0.3, -0.25) is 19.2 Å². The Morgan fingerprint density at radius 3 is 2.05 bits per heavy atom. The van der Waals surface area contributed by atoms with Gasteiger partial charge in [0.05, 0.1) is 0 Å². The number of likely N-dealkylation sites (tertiary alicyclic amines) is 1. The maximum absolute atomic E-state index is 14.2. The number of benzene rings is 3. The summed E-state index contributed by atoms with van der Waals surface area (Å²) < 4.78 is 13.7. The van der Waals surface area contributed by atoms with Crippen LogP contribution in [-0.2, 0) is 27.5 Å². The van der Waals surface area contributed by atoms with Crippen molar-refractivity contribution in [3.8, 4) is 0 Å². The standard InChI is InChI=1S/C31H33FN4O4/c1-22(37)34-28-14-10-26(11-15-28)29(39)36(21-25-8-12-27(32)13-9-25)31(16-18-35(19-17-31)23(2)38)30(40)33-20-24-6-4-3-5-7-24/h3-15H,16-21H2,1-2H3,(H,33,40)(H,34,37). The first-order valence-electron chi connectivity index (χ1n) is 13.2. The Hall–Kier alpha value is -4.53. The Kier molecular flexibility index (Phi) is 8.93. The number of amides is 4. The summed E-state index contributed by atoms with van der Waals surface area (Å²) >= 11 is 0. The number of hydrogen-bond acceptors (Lipinski definition) is 4. The molecule has 1 fully saturated rings. The van der Waals surface area contributed by atoms with E-state index in [1.165, 1.54) is 26.0 Å². The molecule has 208 valence electrons. The lowest BCUT2D eigenvalue weighted by molar-refractivity contribution is -0.141. The first kappa shape index (κ1) is 28.5. The topological polar surface area (TPSA) is 98.8 Å². The molecular weight excluding hydrogens is 511 g/mol. The molecule has 1 aliphatic heterocycles. The highest BCUT2D eigenvalue weighted by atomic mass is 19.1. The van der Waals surface area contributed by atoms with Gasteiger partial charge in [-0.25, -0.2) is 4.39 Å². The molecule has 3 aromatic carbocycles. The van der Waals surface area contributed by atoms with Crippen LogP contribution >= 0.6 is 0 Å². The van der Waals surface area contributed by atoms with Crippen LogP contribution in [0.5, 0.6) is 0 Å². The fraction of sp³-hybridized carbons (Fsp3) is 0.290. The minimum absolute atomic E-state index is 0.0609. The first-order chi connectivity index (χ1) is 19.2. The molecule has 4 amide bonds. The molecular formula is C31H33FN4O4. The van der Waals surface area contributed by atoms with Gasteiger partial charge in [-0.2, -0.15) is 0 Å². The number of piperidine rings is 1. The van der Waals surface area contributed by atoms with E-state index in [0.717, 1.165) is 5.56 Å². The van der Waals surface area contributed by atoms with Crippen molar-refractivity contribution in [2.75, 3.05) is 18.4 Å². The maximum Gasteiger partial charge on any atom is 0.255 e. The summed E-state index contributed by atoms with van der Waals surface area (Å²) in [7, 11) is 0. The predicted molar refractivity (Wildman–Crippen MR) is 150 cm³/mol. The average Bonchev–Trinajstić information content (AvgIpc) is 2.96. The predicted octanol–water partition coefficient (Wildman–Crippen LogP) is 4.12. The van der Waals surface area contributed by atoms with Gasteiger partial charge in [-0.05, 0) is 60.4 Å². The quantitative estimate of drug-likeness (QED) is 0.446. The largest absolute Gasteiger partial charge is 0.350 e. The van der Waals surface area contributed by atoms with Gasteiger partial charge in [0.15, 0.2) is 0 Å². The normalized spacial score (nSPS) is 14.2. The number of carbonyl (C=O) groups is 4. The molecule has 40 heavy (non-hydrogen) atoms. The Morgan fingerprint density at radius 2 is 1.48 bits per heavy atom. The van der Waals surface area contributed by atoms with Crippen molar-refractivity contribution in [1.29, 1.82) is 0 Å². The number of carbonyl (C=O) groups excluding carboxylic acids is 4. The molecule has 1 saturated heterocycles. The van der Waals surface area contributed by atoms with Crippen LogP contribution in [0.3, 0.4) is 0 Å². The van der Waals surface area contributed by atoms with Gasteiger partial charge in [0.2, 0.25) is 17.7 Å². The van der Waals surface area contributed by atoms with Crippen LogP contribution in [0.2, 0.25) is 0 Å². The van der Waals surface area contributed by atoms with Crippen LogP contribution in [0.15, 0.2) is 78.9 Å². The molecule has 3 aromatic rings. The Labute approximate surface area is 233 Å². The third kappa shape index (κ3) is 6.72. The SMILES string of the molecule is CC(=O)Nc1ccc(C(=O)N(Cc2ccc(F)cc2)C2(C(=O)NCc3ccccc3)CCN(C(C)=O)CC2)cc1. The van der Waals surface area contributed by atoms with Gasteiger partial charge in [0.25, 0.3) is 5.91 Å². The third-order valence-electron chi connectivity index (χ3n) is 7.22. The van der Waals surface area contributed by atoms with E-state index in [9.17, 15) is 23.6 Å². The smallest absolute Gasteiger partial charge is 0.255 e. The highest BCUT2D eigenvalue weighted by Crippen LogP contribution is 2.33. The van der Waals surface area contributed by atoms with E-state index in [0.29, 0.717) is 29.9 Å². The number of rotatable bonds is 8. The summed E-state index contributed by atoms with van der Waals surface area (Å²) in [5, 5.41) is 5.70. The molecule has 2 N–H and O–H groups in total. The van der Waals surface area contributed by atoms with E-state index in [-0.39, 0.29) is 49.6 Å². The summed E-state index contributed by atoms with van der Waals surface area (Å²) in [6.07, 6.45) is 0.480. The fourth-order valence-corrected chi connectivity index (χ4v) is 5.00. The lowest BCUT2D eigenvalue weighted by Crippen LogP contribution is -2.64. The zero-order chi connectivity index (χ0) is 28.7. The van der Waals surface area contributed by atoms with Gasteiger partial charge >= 0.3 is 0 Å². The van der Waals surface area contributed by atoms with Crippen LogP contribution in [0.1, 0.15) is 48.2 Å². The molecule has 0 saturated carbocycles. The first-order valence-corrected chi connectivity index (χ1v) is 13.2. The number of halogens is 1. The van der Waals surface area contributed by atoms with Crippen molar-refractivity contribution < 1.29 is 23.6 Å².